The van der Waals surface area contributed by atoms with E-state index in [1.165, 1.54) is 18.5 Å². The summed E-state index contributed by atoms with van der Waals surface area (Å²) in [5, 5.41) is 15.7. The first-order chi connectivity index (χ1) is 6.81. The molecule has 1 aliphatic heterocycles. The van der Waals surface area contributed by atoms with Crippen LogP contribution in [0.15, 0.2) is 11.4 Å². The van der Waals surface area contributed by atoms with Crippen LogP contribution in [-0.4, -0.2) is 20.8 Å². The number of nitrogens with zero attached hydrogens (tertiary/aromatic N) is 3. The molecule has 1 aromatic rings. The van der Waals surface area contributed by atoms with E-state index >= 15 is 0 Å². The molecule has 0 bridgehead atoms. The minimum atomic E-state index is 0.242. The zero-order valence-electron chi connectivity index (χ0n) is 7.98. The van der Waals surface area contributed by atoms with Crippen LogP contribution in [0.3, 0.4) is 0 Å². The lowest BCUT2D eigenvalue weighted by molar-refractivity contribution is 0.317. The van der Waals surface area contributed by atoms with Crippen molar-refractivity contribution < 1.29 is 5.21 Å². The molecule has 5 nitrogen and oxygen atoms in total. The summed E-state index contributed by atoms with van der Waals surface area (Å²) in [6, 6.07) is 0. The van der Waals surface area contributed by atoms with E-state index in [1.54, 1.807) is 0 Å². The van der Waals surface area contributed by atoms with Gasteiger partial charge in [0, 0.05) is 24.2 Å². The second-order valence-corrected chi connectivity index (χ2v) is 3.56. The van der Waals surface area contributed by atoms with Gasteiger partial charge in [0.05, 0.1) is 6.20 Å². The molecule has 0 saturated carbocycles. The van der Waals surface area contributed by atoms with Crippen molar-refractivity contribution in [1.82, 2.24) is 9.78 Å². The maximum absolute atomic E-state index is 8.47. The Bertz CT molecular complexity index is 356. The van der Waals surface area contributed by atoms with Crippen LogP contribution in [0.2, 0.25) is 0 Å². The van der Waals surface area contributed by atoms with Gasteiger partial charge in [-0.3, -0.25) is 4.68 Å². The number of nitrogens with two attached hydrogens (primary N) is 1. The van der Waals surface area contributed by atoms with E-state index in [4.69, 9.17) is 10.9 Å². The number of aryl methyl sites for hydroxylation is 1. The first kappa shape index (κ1) is 9.05. The molecule has 0 radical (unpaired) electrons. The van der Waals surface area contributed by atoms with Crippen LogP contribution in [-0.2, 0) is 19.4 Å². The predicted molar refractivity (Wildman–Crippen MR) is 52.3 cm³/mol. The molecule has 0 unspecified atom stereocenters. The number of hydrogen-bond acceptors (Lipinski definition) is 3. The molecule has 5 heteroatoms. The molecule has 76 valence electrons. The fraction of sp³-hybridized carbons (Fsp3) is 0.556. The summed E-state index contributed by atoms with van der Waals surface area (Å²) in [5.74, 6) is 0.242. The minimum absolute atomic E-state index is 0.242. The molecule has 0 aliphatic carbocycles. The number of fused-ring (bicyclic) bond motifs is 1. The molecule has 0 saturated heterocycles. The van der Waals surface area contributed by atoms with Gasteiger partial charge < -0.3 is 10.9 Å². The second-order valence-electron chi connectivity index (χ2n) is 3.56. The lowest BCUT2D eigenvalue weighted by Gasteiger charge is -2.14. The minimum Gasteiger partial charge on any atom is -0.409 e. The lowest BCUT2D eigenvalue weighted by atomic mass is 10.0. The van der Waals surface area contributed by atoms with Gasteiger partial charge in [0.1, 0.15) is 5.84 Å². The maximum Gasteiger partial charge on any atom is 0.143 e. The van der Waals surface area contributed by atoms with Crippen molar-refractivity contribution in [3.05, 3.63) is 17.5 Å². The fourth-order valence-electron chi connectivity index (χ4n) is 1.86. The Morgan fingerprint density at radius 2 is 2.50 bits per heavy atom. The van der Waals surface area contributed by atoms with Crippen LogP contribution in [0.1, 0.15) is 24.1 Å². The monoisotopic (exact) mass is 194 g/mol. The first-order valence-corrected chi connectivity index (χ1v) is 4.81. The van der Waals surface area contributed by atoms with Crippen molar-refractivity contribution in [3.8, 4) is 0 Å². The van der Waals surface area contributed by atoms with Crippen LogP contribution in [0, 0.1) is 0 Å². The number of hydrogen-bond donors (Lipinski definition) is 2. The lowest BCUT2D eigenvalue weighted by Crippen LogP contribution is -2.17. The molecule has 1 aliphatic rings. The first-order valence-electron chi connectivity index (χ1n) is 4.81. The molecule has 2 heterocycles. The summed E-state index contributed by atoms with van der Waals surface area (Å²) in [6.45, 7) is 0.992. The highest BCUT2D eigenvalue weighted by Crippen LogP contribution is 2.18. The fourth-order valence-corrected chi connectivity index (χ4v) is 1.86. The summed E-state index contributed by atoms with van der Waals surface area (Å²) >= 11 is 0. The Kier molecular flexibility index (Phi) is 2.39. The third kappa shape index (κ3) is 1.57. The van der Waals surface area contributed by atoms with E-state index < -0.39 is 0 Å². The normalized spacial score (nSPS) is 16.7. The van der Waals surface area contributed by atoms with E-state index in [0.717, 1.165) is 18.5 Å². The van der Waals surface area contributed by atoms with Gasteiger partial charge >= 0.3 is 0 Å². The summed E-state index contributed by atoms with van der Waals surface area (Å²) < 4.78 is 2.02. The average molecular weight is 194 g/mol. The molecule has 0 aromatic carbocycles. The molecule has 0 spiro atoms. The molecule has 0 fully saturated rings. The van der Waals surface area contributed by atoms with Gasteiger partial charge in [-0.25, -0.2) is 0 Å². The van der Waals surface area contributed by atoms with Gasteiger partial charge in [-0.2, -0.15) is 5.10 Å². The highest BCUT2D eigenvalue weighted by molar-refractivity contribution is 5.82. The van der Waals surface area contributed by atoms with Gasteiger partial charge in [0.15, 0.2) is 0 Å². The summed E-state index contributed by atoms with van der Waals surface area (Å²) in [5.41, 5.74) is 7.78. The van der Waals surface area contributed by atoms with Crippen LogP contribution in [0.25, 0.3) is 0 Å². The van der Waals surface area contributed by atoms with E-state index in [1.807, 2.05) is 10.9 Å². The predicted octanol–water partition coefficient (Wildman–Crippen LogP) is 0.508. The second kappa shape index (κ2) is 3.69. The SMILES string of the molecule is N/C(Cc1cnn2c1CCCC2)=N\O. The third-order valence-electron chi connectivity index (χ3n) is 2.57. The van der Waals surface area contributed by atoms with Gasteiger partial charge in [-0.05, 0) is 19.3 Å². The molecule has 14 heavy (non-hydrogen) atoms. The highest BCUT2D eigenvalue weighted by atomic mass is 16.4. The van der Waals surface area contributed by atoms with Crippen molar-refractivity contribution in [2.45, 2.75) is 32.2 Å². The average Bonchev–Trinajstić information content (AvgIpc) is 2.62. The Hall–Kier alpha value is -1.52. The van der Waals surface area contributed by atoms with Crippen LogP contribution in [0.4, 0.5) is 0 Å². The van der Waals surface area contributed by atoms with Gasteiger partial charge in [0.2, 0.25) is 0 Å². The number of aromatic nitrogens is 2. The Balaban J connectivity index is 2.22. The Labute approximate surface area is 82.2 Å². The molecule has 3 N–H and O–H groups in total. The molecule has 1 aromatic heterocycles. The molecular weight excluding hydrogens is 180 g/mol. The smallest absolute Gasteiger partial charge is 0.143 e. The van der Waals surface area contributed by atoms with Crippen molar-refractivity contribution in [2.24, 2.45) is 10.9 Å². The molecule has 2 rings (SSSR count). The van der Waals surface area contributed by atoms with Crippen LogP contribution >= 0.6 is 0 Å². The highest BCUT2D eigenvalue weighted by Gasteiger charge is 2.15. The third-order valence-corrected chi connectivity index (χ3v) is 2.57. The number of oxime groups is 1. The van der Waals surface area contributed by atoms with E-state index in [0.29, 0.717) is 6.42 Å². The number of amidine groups is 1. The maximum atomic E-state index is 8.47. The Morgan fingerprint density at radius 3 is 3.29 bits per heavy atom. The summed E-state index contributed by atoms with van der Waals surface area (Å²) in [4.78, 5) is 0. The zero-order chi connectivity index (χ0) is 9.97. The van der Waals surface area contributed by atoms with E-state index in [9.17, 15) is 0 Å². The zero-order valence-corrected chi connectivity index (χ0v) is 7.98. The van der Waals surface area contributed by atoms with Crippen molar-refractivity contribution in [3.63, 3.8) is 0 Å². The van der Waals surface area contributed by atoms with Gasteiger partial charge in [-0.1, -0.05) is 5.16 Å². The quantitative estimate of drug-likeness (QED) is 0.311. The van der Waals surface area contributed by atoms with Crippen LogP contribution < -0.4 is 5.73 Å². The topological polar surface area (TPSA) is 76.4 Å². The summed E-state index contributed by atoms with van der Waals surface area (Å²) in [7, 11) is 0. The van der Waals surface area contributed by atoms with Crippen molar-refractivity contribution in [2.75, 3.05) is 0 Å². The molecular formula is C9H14N4O. The summed E-state index contributed by atoms with van der Waals surface area (Å²) in [6.07, 6.45) is 5.76. The van der Waals surface area contributed by atoms with Crippen molar-refractivity contribution in [1.29, 1.82) is 0 Å². The van der Waals surface area contributed by atoms with Gasteiger partial charge in [-0.15, -0.1) is 0 Å². The van der Waals surface area contributed by atoms with Crippen LogP contribution in [0.5, 0.6) is 0 Å². The number of rotatable bonds is 2. The Morgan fingerprint density at radius 1 is 1.64 bits per heavy atom. The standard InChI is InChI=1S/C9H14N4O/c10-9(12-14)5-7-6-11-13-4-2-1-3-8(7)13/h6,14H,1-5H2,(H2,10,12). The van der Waals surface area contributed by atoms with Gasteiger partial charge in [0.25, 0.3) is 0 Å². The van der Waals surface area contributed by atoms with E-state index in [2.05, 4.69) is 10.3 Å². The molecule has 0 amide bonds. The molecule has 0 atom stereocenters. The van der Waals surface area contributed by atoms with Crippen molar-refractivity contribution >= 4 is 5.84 Å². The van der Waals surface area contributed by atoms with E-state index in [-0.39, 0.29) is 5.84 Å². The largest absolute Gasteiger partial charge is 0.409 e.